The summed E-state index contributed by atoms with van der Waals surface area (Å²) in [6.45, 7) is 6.56. The SMILES string of the molecule is CC(C)=CCCC(C)=CCc1ccccc1C=Cc1ccccc1.Oc1ccc(O)cc1. The molecule has 32 heavy (non-hydrogen) atoms. The minimum absolute atomic E-state index is 0.169. The standard InChI is InChI=1S/C24H28.C6H6O2/c1-20(2)10-9-11-21(3)16-18-23-14-7-8-15-24(23)19-17-22-12-5-4-6-13-22;7-5-1-2-6(8)4-3-5/h4-8,10,12-17,19H,9,11,18H2,1-3H3;1-4,7-8H. The molecule has 2 nitrogen and oxygen atoms in total. The van der Waals surface area contributed by atoms with Crippen LogP contribution < -0.4 is 0 Å². The lowest BCUT2D eigenvalue weighted by atomic mass is 10.0. The van der Waals surface area contributed by atoms with Crippen molar-refractivity contribution in [2.24, 2.45) is 0 Å². The molecule has 166 valence electrons. The van der Waals surface area contributed by atoms with E-state index in [0.717, 1.165) is 19.3 Å². The molecule has 0 heterocycles. The summed E-state index contributed by atoms with van der Waals surface area (Å²) in [6, 6.07) is 24.8. The molecule has 2 heteroatoms. The Balaban J connectivity index is 0.000000380. The first-order valence-corrected chi connectivity index (χ1v) is 11.0. The predicted molar refractivity (Wildman–Crippen MR) is 138 cm³/mol. The minimum Gasteiger partial charge on any atom is -0.508 e. The second-order valence-corrected chi connectivity index (χ2v) is 8.03. The molecule has 0 bridgehead atoms. The van der Waals surface area contributed by atoms with Gasteiger partial charge in [-0.15, -0.1) is 0 Å². The molecule has 0 atom stereocenters. The van der Waals surface area contributed by atoms with Crippen LogP contribution in [-0.4, -0.2) is 10.2 Å². The molecule has 0 fully saturated rings. The van der Waals surface area contributed by atoms with E-state index >= 15 is 0 Å². The summed E-state index contributed by atoms with van der Waals surface area (Å²) in [5, 5.41) is 17.3. The first-order valence-electron chi connectivity index (χ1n) is 11.0. The van der Waals surface area contributed by atoms with E-state index in [1.165, 1.54) is 52.1 Å². The Morgan fingerprint density at radius 1 is 0.688 bits per heavy atom. The van der Waals surface area contributed by atoms with E-state index in [-0.39, 0.29) is 11.5 Å². The van der Waals surface area contributed by atoms with E-state index in [0.29, 0.717) is 0 Å². The molecular formula is C30H34O2. The van der Waals surface area contributed by atoms with Gasteiger partial charge in [-0.3, -0.25) is 0 Å². The zero-order valence-corrected chi connectivity index (χ0v) is 19.3. The topological polar surface area (TPSA) is 40.5 Å². The first-order chi connectivity index (χ1) is 15.4. The largest absolute Gasteiger partial charge is 0.508 e. The number of hydrogen-bond donors (Lipinski definition) is 2. The van der Waals surface area contributed by atoms with Crippen LogP contribution in [0.5, 0.6) is 11.5 Å². The van der Waals surface area contributed by atoms with E-state index < -0.39 is 0 Å². The number of aromatic hydroxyl groups is 2. The lowest BCUT2D eigenvalue weighted by molar-refractivity contribution is 0.460. The maximum atomic E-state index is 8.65. The molecule has 0 aliphatic carbocycles. The van der Waals surface area contributed by atoms with Crippen LogP contribution in [0.25, 0.3) is 12.2 Å². The highest BCUT2D eigenvalue weighted by Gasteiger charge is 1.98. The number of rotatable bonds is 7. The van der Waals surface area contributed by atoms with Gasteiger partial charge in [0.15, 0.2) is 0 Å². The number of phenolic OH excluding ortho intramolecular Hbond substituents is 2. The molecule has 0 aliphatic heterocycles. The molecule has 3 aromatic rings. The summed E-state index contributed by atoms with van der Waals surface area (Å²) in [5.74, 6) is 0.339. The molecule has 0 radical (unpaired) electrons. The normalized spacial score (nSPS) is 11.0. The number of benzene rings is 3. The Hall–Kier alpha value is -3.52. The van der Waals surface area contributed by atoms with Crippen molar-refractivity contribution in [3.05, 3.63) is 119 Å². The smallest absolute Gasteiger partial charge is 0.115 e. The van der Waals surface area contributed by atoms with Gasteiger partial charge in [-0.2, -0.15) is 0 Å². The molecule has 0 unspecified atom stereocenters. The molecule has 2 N–H and O–H groups in total. The Labute approximate surface area is 192 Å². The molecule has 3 aromatic carbocycles. The summed E-state index contributed by atoms with van der Waals surface area (Å²) in [4.78, 5) is 0. The Morgan fingerprint density at radius 3 is 1.91 bits per heavy atom. The second-order valence-electron chi connectivity index (χ2n) is 8.03. The fourth-order valence-corrected chi connectivity index (χ4v) is 3.06. The van der Waals surface area contributed by atoms with Crippen LogP contribution in [0.4, 0.5) is 0 Å². The van der Waals surface area contributed by atoms with Crippen LogP contribution in [0.3, 0.4) is 0 Å². The molecule has 0 aliphatic rings. The van der Waals surface area contributed by atoms with Gasteiger partial charge in [0.05, 0.1) is 0 Å². The van der Waals surface area contributed by atoms with Crippen molar-refractivity contribution in [1.29, 1.82) is 0 Å². The van der Waals surface area contributed by atoms with Gasteiger partial charge in [0.2, 0.25) is 0 Å². The zero-order chi connectivity index (χ0) is 23.2. The van der Waals surface area contributed by atoms with E-state index in [2.05, 4.69) is 93.6 Å². The summed E-state index contributed by atoms with van der Waals surface area (Å²) in [6.07, 6.45) is 12.4. The van der Waals surface area contributed by atoms with Crippen molar-refractivity contribution in [2.75, 3.05) is 0 Å². The van der Waals surface area contributed by atoms with Crippen LogP contribution >= 0.6 is 0 Å². The summed E-state index contributed by atoms with van der Waals surface area (Å²) >= 11 is 0. The van der Waals surface area contributed by atoms with E-state index in [4.69, 9.17) is 10.2 Å². The molecule has 0 spiro atoms. The van der Waals surface area contributed by atoms with E-state index in [9.17, 15) is 0 Å². The predicted octanol–water partition coefficient (Wildman–Crippen LogP) is 8.19. The molecular weight excluding hydrogens is 392 g/mol. The highest BCUT2D eigenvalue weighted by Crippen LogP contribution is 2.16. The van der Waals surface area contributed by atoms with Gasteiger partial charge in [-0.1, -0.05) is 90.0 Å². The molecule has 0 aromatic heterocycles. The Bertz CT molecular complexity index is 1000. The fraction of sp³-hybridized carbons (Fsp3) is 0.200. The van der Waals surface area contributed by atoms with Crippen LogP contribution in [0.2, 0.25) is 0 Å². The van der Waals surface area contributed by atoms with Crippen LogP contribution in [0.15, 0.2) is 102 Å². The van der Waals surface area contributed by atoms with Crippen molar-refractivity contribution in [3.8, 4) is 11.5 Å². The first kappa shape index (κ1) is 24.7. The monoisotopic (exact) mass is 426 g/mol. The Morgan fingerprint density at radius 2 is 1.28 bits per heavy atom. The molecule has 0 saturated heterocycles. The molecule has 3 rings (SSSR count). The third-order valence-corrected chi connectivity index (χ3v) is 4.92. The van der Waals surface area contributed by atoms with Gasteiger partial charge in [0.1, 0.15) is 11.5 Å². The van der Waals surface area contributed by atoms with Crippen molar-refractivity contribution in [3.63, 3.8) is 0 Å². The zero-order valence-electron chi connectivity index (χ0n) is 19.3. The van der Waals surface area contributed by atoms with Gasteiger partial charge in [0.25, 0.3) is 0 Å². The lowest BCUT2D eigenvalue weighted by Gasteiger charge is -2.05. The number of allylic oxidation sites excluding steroid dienone is 4. The van der Waals surface area contributed by atoms with E-state index in [1.54, 1.807) is 0 Å². The van der Waals surface area contributed by atoms with Crippen molar-refractivity contribution >= 4 is 12.2 Å². The highest BCUT2D eigenvalue weighted by molar-refractivity contribution is 5.71. The van der Waals surface area contributed by atoms with Crippen molar-refractivity contribution in [1.82, 2.24) is 0 Å². The van der Waals surface area contributed by atoms with Gasteiger partial charge in [-0.05, 0) is 81.0 Å². The number of hydrogen-bond acceptors (Lipinski definition) is 2. The highest BCUT2D eigenvalue weighted by atomic mass is 16.3. The van der Waals surface area contributed by atoms with Gasteiger partial charge >= 0.3 is 0 Å². The fourth-order valence-electron chi connectivity index (χ4n) is 3.06. The van der Waals surface area contributed by atoms with Crippen LogP contribution in [0, 0.1) is 0 Å². The van der Waals surface area contributed by atoms with Crippen LogP contribution in [0.1, 0.15) is 50.3 Å². The summed E-state index contributed by atoms with van der Waals surface area (Å²) in [5.41, 5.74) is 6.79. The second kappa shape index (κ2) is 13.7. The quantitative estimate of drug-likeness (QED) is 0.227. The lowest BCUT2D eigenvalue weighted by Crippen LogP contribution is -1.88. The third kappa shape index (κ3) is 9.99. The van der Waals surface area contributed by atoms with Crippen molar-refractivity contribution < 1.29 is 10.2 Å². The third-order valence-electron chi connectivity index (χ3n) is 4.92. The Kier molecular flexibility index (Phi) is 10.6. The van der Waals surface area contributed by atoms with Crippen LogP contribution in [-0.2, 0) is 6.42 Å². The van der Waals surface area contributed by atoms with Gasteiger partial charge < -0.3 is 10.2 Å². The van der Waals surface area contributed by atoms with E-state index in [1.807, 2.05) is 6.07 Å². The maximum absolute atomic E-state index is 8.65. The summed E-state index contributed by atoms with van der Waals surface area (Å²) in [7, 11) is 0. The average molecular weight is 427 g/mol. The minimum atomic E-state index is 0.169. The molecule has 0 saturated carbocycles. The van der Waals surface area contributed by atoms with Crippen molar-refractivity contribution in [2.45, 2.75) is 40.0 Å². The average Bonchev–Trinajstić information content (AvgIpc) is 2.79. The maximum Gasteiger partial charge on any atom is 0.115 e. The number of phenols is 2. The summed E-state index contributed by atoms with van der Waals surface area (Å²) < 4.78 is 0. The van der Waals surface area contributed by atoms with Gasteiger partial charge in [-0.25, -0.2) is 0 Å². The van der Waals surface area contributed by atoms with Gasteiger partial charge in [0, 0.05) is 0 Å². The molecule has 0 amide bonds.